The Bertz CT molecular complexity index is 103. The minimum atomic E-state index is -1.11. The van der Waals surface area contributed by atoms with Gasteiger partial charge < -0.3 is 10.2 Å². The maximum Gasteiger partial charge on any atom is 0.151 e. The van der Waals surface area contributed by atoms with E-state index < -0.39 is 6.29 Å². The Balaban J connectivity index is 3.12. The van der Waals surface area contributed by atoms with Crippen molar-refractivity contribution in [2.45, 2.75) is 59.2 Å². The number of rotatable bonds is 5. The molecule has 0 rings (SSSR count). The van der Waals surface area contributed by atoms with E-state index in [1.54, 1.807) is 0 Å². The minimum absolute atomic E-state index is 0.415. The molecule has 2 nitrogen and oxygen atoms in total. The van der Waals surface area contributed by atoms with Crippen molar-refractivity contribution in [1.82, 2.24) is 0 Å². The minimum Gasteiger partial charge on any atom is -0.368 e. The highest BCUT2D eigenvalue weighted by molar-refractivity contribution is 4.60. The van der Waals surface area contributed by atoms with E-state index >= 15 is 0 Å². The third-order valence-electron chi connectivity index (χ3n) is 1.89. The Hall–Kier alpha value is -0.0800. The number of aliphatic hydroxyl groups excluding tert-OH is 1. The predicted molar refractivity (Wildman–Crippen MR) is 50.8 cm³/mol. The molecule has 0 heterocycles. The zero-order valence-electron chi connectivity index (χ0n) is 8.51. The first-order chi connectivity index (χ1) is 5.42. The lowest BCUT2D eigenvalue weighted by atomic mass is 9.89. The molecule has 74 valence electrons. The second kappa shape index (κ2) is 5.55. The molecule has 0 radical (unpaired) electrons. The SMILES string of the molecule is CC(C)(C)CCCCCC(O)O. The van der Waals surface area contributed by atoms with Crippen LogP contribution in [-0.4, -0.2) is 16.5 Å². The van der Waals surface area contributed by atoms with Crippen LogP contribution in [0.25, 0.3) is 0 Å². The summed E-state index contributed by atoms with van der Waals surface area (Å²) in [7, 11) is 0. The summed E-state index contributed by atoms with van der Waals surface area (Å²) in [5, 5.41) is 17.1. The fourth-order valence-electron chi connectivity index (χ4n) is 1.16. The van der Waals surface area contributed by atoms with Crippen LogP contribution in [0.5, 0.6) is 0 Å². The summed E-state index contributed by atoms with van der Waals surface area (Å²) in [4.78, 5) is 0. The lowest BCUT2D eigenvalue weighted by Crippen LogP contribution is -2.05. The van der Waals surface area contributed by atoms with Gasteiger partial charge in [0.25, 0.3) is 0 Å². The maximum atomic E-state index is 8.57. The molecule has 0 aromatic carbocycles. The zero-order valence-corrected chi connectivity index (χ0v) is 8.51. The van der Waals surface area contributed by atoms with E-state index in [9.17, 15) is 0 Å². The quantitative estimate of drug-likeness (QED) is 0.496. The molecule has 0 saturated heterocycles. The summed E-state index contributed by atoms with van der Waals surface area (Å²) in [6, 6.07) is 0. The Morgan fingerprint density at radius 3 is 2.00 bits per heavy atom. The maximum absolute atomic E-state index is 8.57. The van der Waals surface area contributed by atoms with Gasteiger partial charge in [-0.2, -0.15) is 0 Å². The first-order valence-electron chi connectivity index (χ1n) is 4.78. The number of unbranched alkanes of at least 4 members (excludes halogenated alkanes) is 2. The highest BCUT2D eigenvalue weighted by Crippen LogP contribution is 2.22. The fraction of sp³-hybridized carbons (Fsp3) is 1.00. The lowest BCUT2D eigenvalue weighted by Gasteiger charge is -2.17. The molecule has 0 atom stereocenters. The molecule has 0 fully saturated rings. The van der Waals surface area contributed by atoms with E-state index in [2.05, 4.69) is 20.8 Å². The summed E-state index contributed by atoms with van der Waals surface area (Å²) in [5.41, 5.74) is 0.415. The number of aliphatic hydroxyl groups is 2. The molecule has 0 bridgehead atoms. The molecule has 0 unspecified atom stereocenters. The zero-order chi connectivity index (χ0) is 9.61. The van der Waals surface area contributed by atoms with Gasteiger partial charge in [0.1, 0.15) is 0 Å². The van der Waals surface area contributed by atoms with Crippen molar-refractivity contribution in [2.24, 2.45) is 5.41 Å². The van der Waals surface area contributed by atoms with Crippen molar-refractivity contribution in [3.8, 4) is 0 Å². The van der Waals surface area contributed by atoms with E-state index in [4.69, 9.17) is 10.2 Å². The van der Waals surface area contributed by atoms with Crippen LogP contribution in [0.3, 0.4) is 0 Å². The Kier molecular flexibility index (Phi) is 5.51. The van der Waals surface area contributed by atoms with E-state index in [0.29, 0.717) is 11.8 Å². The highest BCUT2D eigenvalue weighted by Gasteiger charge is 2.08. The number of hydrogen-bond acceptors (Lipinski definition) is 2. The van der Waals surface area contributed by atoms with Crippen molar-refractivity contribution >= 4 is 0 Å². The summed E-state index contributed by atoms with van der Waals surface area (Å²) in [6.07, 6.45) is 3.84. The molecule has 2 N–H and O–H groups in total. The number of hydrogen-bond donors (Lipinski definition) is 2. The molecule has 0 aromatic heterocycles. The molecular weight excluding hydrogens is 152 g/mol. The summed E-state index contributed by atoms with van der Waals surface area (Å²) >= 11 is 0. The van der Waals surface area contributed by atoms with Crippen molar-refractivity contribution in [1.29, 1.82) is 0 Å². The third-order valence-corrected chi connectivity index (χ3v) is 1.89. The Labute approximate surface area is 75.6 Å². The monoisotopic (exact) mass is 174 g/mol. The van der Waals surface area contributed by atoms with Gasteiger partial charge in [0, 0.05) is 0 Å². The molecule has 0 aromatic rings. The van der Waals surface area contributed by atoms with Crippen molar-refractivity contribution in [3.63, 3.8) is 0 Å². The summed E-state index contributed by atoms with van der Waals surface area (Å²) in [5.74, 6) is 0. The van der Waals surface area contributed by atoms with Crippen LogP contribution in [0.1, 0.15) is 52.9 Å². The highest BCUT2D eigenvalue weighted by atomic mass is 16.5. The summed E-state index contributed by atoms with van der Waals surface area (Å²) in [6.45, 7) is 6.69. The fourth-order valence-corrected chi connectivity index (χ4v) is 1.16. The summed E-state index contributed by atoms with van der Waals surface area (Å²) < 4.78 is 0. The van der Waals surface area contributed by atoms with Crippen LogP contribution in [0.4, 0.5) is 0 Å². The van der Waals surface area contributed by atoms with Crippen LogP contribution in [-0.2, 0) is 0 Å². The molecule has 0 spiro atoms. The molecular formula is C10H22O2. The van der Waals surface area contributed by atoms with Gasteiger partial charge in [0.15, 0.2) is 6.29 Å². The topological polar surface area (TPSA) is 40.5 Å². The lowest BCUT2D eigenvalue weighted by molar-refractivity contribution is -0.0466. The molecule has 0 aliphatic carbocycles. The Morgan fingerprint density at radius 1 is 1.00 bits per heavy atom. The van der Waals surface area contributed by atoms with Crippen LogP contribution < -0.4 is 0 Å². The molecule has 12 heavy (non-hydrogen) atoms. The van der Waals surface area contributed by atoms with Crippen molar-refractivity contribution < 1.29 is 10.2 Å². The van der Waals surface area contributed by atoms with Gasteiger partial charge >= 0.3 is 0 Å². The van der Waals surface area contributed by atoms with E-state index in [-0.39, 0.29) is 0 Å². The van der Waals surface area contributed by atoms with Gasteiger partial charge in [-0.15, -0.1) is 0 Å². The standard InChI is InChI=1S/C10H22O2/c1-10(2,3)8-6-4-5-7-9(11)12/h9,11-12H,4-8H2,1-3H3. The van der Waals surface area contributed by atoms with Crippen LogP contribution >= 0.6 is 0 Å². The second-order valence-electron chi connectivity index (χ2n) is 4.64. The van der Waals surface area contributed by atoms with E-state index in [1.165, 1.54) is 12.8 Å². The molecule has 0 aliphatic rings. The predicted octanol–water partition coefficient (Wildman–Crippen LogP) is 2.29. The largest absolute Gasteiger partial charge is 0.368 e. The van der Waals surface area contributed by atoms with E-state index in [1.807, 2.05) is 0 Å². The Morgan fingerprint density at radius 2 is 1.58 bits per heavy atom. The normalized spacial score (nSPS) is 12.5. The van der Waals surface area contributed by atoms with Crippen LogP contribution in [0.2, 0.25) is 0 Å². The van der Waals surface area contributed by atoms with E-state index in [0.717, 1.165) is 12.8 Å². The molecule has 0 saturated carbocycles. The smallest absolute Gasteiger partial charge is 0.151 e. The third kappa shape index (κ3) is 9.92. The van der Waals surface area contributed by atoms with Crippen molar-refractivity contribution in [3.05, 3.63) is 0 Å². The van der Waals surface area contributed by atoms with Crippen LogP contribution in [0, 0.1) is 5.41 Å². The van der Waals surface area contributed by atoms with Gasteiger partial charge in [-0.25, -0.2) is 0 Å². The average Bonchev–Trinajstić information content (AvgIpc) is 1.83. The molecule has 2 heteroatoms. The van der Waals surface area contributed by atoms with Gasteiger partial charge in [0.2, 0.25) is 0 Å². The molecule has 0 amide bonds. The van der Waals surface area contributed by atoms with Crippen molar-refractivity contribution in [2.75, 3.05) is 0 Å². The molecule has 0 aliphatic heterocycles. The van der Waals surface area contributed by atoms with Gasteiger partial charge in [-0.1, -0.05) is 33.6 Å². The van der Waals surface area contributed by atoms with Gasteiger partial charge in [-0.3, -0.25) is 0 Å². The second-order valence-corrected chi connectivity index (χ2v) is 4.64. The first kappa shape index (κ1) is 11.9. The average molecular weight is 174 g/mol. The van der Waals surface area contributed by atoms with Crippen LogP contribution in [0.15, 0.2) is 0 Å². The first-order valence-corrected chi connectivity index (χ1v) is 4.78. The van der Waals surface area contributed by atoms with Gasteiger partial charge in [-0.05, 0) is 24.7 Å². The van der Waals surface area contributed by atoms with Gasteiger partial charge in [0.05, 0.1) is 0 Å².